The molecule has 0 unspecified atom stereocenters. The van der Waals surface area contributed by atoms with Crippen LogP contribution in [0.15, 0.2) is 36.4 Å². The molecule has 0 aromatic heterocycles. The van der Waals surface area contributed by atoms with Crippen LogP contribution in [0.1, 0.15) is 56.0 Å². The van der Waals surface area contributed by atoms with Crippen molar-refractivity contribution < 1.29 is 28.7 Å². The first-order chi connectivity index (χ1) is 16.0. The molecular formula is C24H32N4O6. The van der Waals surface area contributed by atoms with Gasteiger partial charge in [0.05, 0.1) is 6.54 Å². The van der Waals surface area contributed by atoms with Gasteiger partial charge in [-0.2, -0.15) is 0 Å². The molecule has 4 N–H and O–H groups in total. The third-order valence-electron chi connectivity index (χ3n) is 4.89. The molecule has 0 spiro atoms. The summed E-state index contributed by atoms with van der Waals surface area (Å²) in [6.07, 6.45) is 3.60. The van der Waals surface area contributed by atoms with E-state index in [0.717, 1.165) is 10.5 Å². The van der Waals surface area contributed by atoms with Crippen LogP contribution in [0.5, 0.6) is 0 Å². The number of amides is 4. The number of nitrogens with one attached hydrogen (secondary N) is 2. The molecule has 34 heavy (non-hydrogen) atoms. The fourth-order valence-corrected chi connectivity index (χ4v) is 3.24. The third kappa shape index (κ3) is 8.43. The number of hydrogen-bond donors (Lipinski definition) is 3. The summed E-state index contributed by atoms with van der Waals surface area (Å²) in [5, 5.41) is 5.13. The number of hydrogen-bond acceptors (Lipinski definition) is 7. The second-order valence-electron chi connectivity index (χ2n) is 8.90. The summed E-state index contributed by atoms with van der Waals surface area (Å²) >= 11 is 0. The quantitative estimate of drug-likeness (QED) is 0.245. The highest BCUT2D eigenvalue weighted by Gasteiger charge is 2.27. The summed E-state index contributed by atoms with van der Waals surface area (Å²) in [4.78, 5) is 61.8. The lowest BCUT2D eigenvalue weighted by atomic mass is 10.1. The minimum Gasteiger partial charge on any atom is -0.458 e. The minimum absolute atomic E-state index is 0.220. The van der Waals surface area contributed by atoms with Crippen LogP contribution in [0.25, 0.3) is 0 Å². The van der Waals surface area contributed by atoms with Gasteiger partial charge in [0, 0.05) is 30.8 Å². The van der Waals surface area contributed by atoms with Gasteiger partial charge in [0.1, 0.15) is 11.6 Å². The Morgan fingerprint density at radius 2 is 1.76 bits per heavy atom. The summed E-state index contributed by atoms with van der Waals surface area (Å²) in [7, 11) is 0. The van der Waals surface area contributed by atoms with Gasteiger partial charge in [0.15, 0.2) is 0 Å². The van der Waals surface area contributed by atoms with Gasteiger partial charge < -0.3 is 21.1 Å². The highest BCUT2D eigenvalue weighted by molar-refractivity contribution is 6.12. The molecular weight excluding hydrogens is 440 g/mol. The molecule has 10 heteroatoms. The van der Waals surface area contributed by atoms with Crippen molar-refractivity contribution in [2.75, 3.05) is 13.1 Å². The van der Waals surface area contributed by atoms with Crippen LogP contribution in [0.3, 0.4) is 0 Å². The molecule has 184 valence electrons. The monoisotopic (exact) mass is 472 g/mol. The van der Waals surface area contributed by atoms with Crippen LogP contribution in [0.2, 0.25) is 0 Å². The van der Waals surface area contributed by atoms with Crippen LogP contribution < -0.4 is 16.4 Å². The van der Waals surface area contributed by atoms with Crippen LogP contribution in [-0.4, -0.2) is 59.2 Å². The average Bonchev–Trinajstić information content (AvgIpc) is 3.10. The van der Waals surface area contributed by atoms with Crippen molar-refractivity contribution in [3.63, 3.8) is 0 Å². The highest BCUT2D eigenvalue weighted by atomic mass is 16.6. The van der Waals surface area contributed by atoms with E-state index in [1.165, 1.54) is 12.2 Å². The van der Waals surface area contributed by atoms with Crippen molar-refractivity contribution in [3.8, 4) is 0 Å². The highest BCUT2D eigenvalue weighted by Crippen LogP contribution is 2.13. The van der Waals surface area contributed by atoms with Gasteiger partial charge in [0.2, 0.25) is 5.91 Å². The van der Waals surface area contributed by atoms with E-state index < -0.39 is 29.4 Å². The summed E-state index contributed by atoms with van der Waals surface area (Å²) in [5.41, 5.74) is 6.00. The van der Waals surface area contributed by atoms with Gasteiger partial charge >= 0.3 is 5.97 Å². The van der Waals surface area contributed by atoms with Gasteiger partial charge in [-0.1, -0.05) is 12.1 Å². The van der Waals surface area contributed by atoms with E-state index in [-0.39, 0.29) is 37.9 Å². The van der Waals surface area contributed by atoms with Crippen molar-refractivity contribution in [1.29, 1.82) is 0 Å². The first kappa shape index (κ1) is 26.7. The minimum atomic E-state index is -0.938. The predicted molar refractivity (Wildman–Crippen MR) is 124 cm³/mol. The summed E-state index contributed by atoms with van der Waals surface area (Å²) < 4.78 is 5.40. The maximum absolute atomic E-state index is 12.6. The summed E-state index contributed by atoms with van der Waals surface area (Å²) in [6.45, 7) is 5.34. The topological polar surface area (TPSA) is 148 Å². The second kappa shape index (κ2) is 12.1. The van der Waals surface area contributed by atoms with Crippen LogP contribution in [0.4, 0.5) is 0 Å². The first-order valence-corrected chi connectivity index (χ1v) is 11.1. The van der Waals surface area contributed by atoms with Crippen LogP contribution in [-0.2, 0) is 30.5 Å². The Hall–Kier alpha value is -3.53. The molecule has 1 aromatic rings. The zero-order chi connectivity index (χ0) is 25.3. The van der Waals surface area contributed by atoms with Gasteiger partial charge in [-0.3, -0.25) is 24.1 Å². The lowest BCUT2D eigenvalue weighted by molar-refractivity contribution is -0.159. The number of nitrogens with two attached hydrogens (primary N) is 1. The standard InChI is InChI=1S/C24H32N4O6/c1-24(2,3)34-23(33)18(9-4-5-12-28-20(30)10-11-21(28)31)27-19(29)15-26-22(32)17-8-6-7-16(13-17)14-25/h6-8,10-11,13,18H,4-5,9,12,14-15,25H2,1-3H3,(H,26,32)(H,27,29)/t18-/m0/s1. The van der Waals surface area contributed by atoms with E-state index in [1.807, 2.05) is 0 Å². The molecule has 0 bridgehead atoms. The number of nitrogens with zero attached hydrogens (tertiary/aromatic N) is 1. The lowest BCUT2D eigenvalue weighted by Crippen LogP contribution is -2.47. The van der Waals surface area contributed by atoms with E-state index in [1.54, 1.807) is 45.0 Å². The number of imide groups is 1. The molecule has 1 heterocycles. The van der Waals surface area contributed by atoms with E-state index in [2.05, 4.69) is 10.6 Å². The third-order valence-corrected chi connectivity index (χ3v) is 4.89. The predicted octanol–water partition coefficient (Wildman–Crippen LogP) is 0.797. The van der Waals surface area contributed by atoms with Crippen LogP contribution >= 0.6 is 0 Å². The van der Waals surface area contributed by atoms with Gasteiger partial charge in [-0.15, -0.1) is 0 Å². The van der Waals surface area contributed by atoms with Crippen LogP contribution in [0, 0.1) is 0 Å². The van der Waals surface area contributed by atoms with E-state index in [9.17, 15) is 24.0 Å². The van der Waals surface area contributed by atoms with Crippen molar-refractivity contribution in [3.05, 3.63) is 47.5 Å². The van der Waals surface area contributed by atoms with E-state index in [0.29, 0.717) is 18.4 Å². The number of unbranched alkanes of at least 4 members (excludes halogenated alkanes) is 1. The molecule has 10 nitrogen and oxygen atoms in total. The molecule has 4 amide bonds. The number of esters is 1. The summed E-state index contributed by atoms with van der Waals surface area (Å²) in [6, 6.07) is 5.81. The Morgan fingerprint density at radius 1 is 1.09 bits per heavy atom. The number of carbonyl (C=O) groups is 5. The Bertz CT molecular complexity index is 948. The zero-order valence-electron chi connectivity index (χ0n) is 19.8. The number of rotatable bonds is 11. The molecule has 0 saturated carbocycles. The van der Waals surface area contributed by atoms with Crippen molar-refractivity contribution in [1.82, 2.24) is 15.5 Å². The fourth-order valence-electron chi connectivity index (χ4n) is 3.24. The number of carbonyl (C=O) groups excluding carboxylic acids is 5. The molecule has 0 saturated heterocycles. The fraction of sp³-hybridized carbons (Fsp3) is 0.458. The van der Waals surface area contributed by atoms with Gasteiger partial charge in [-0.25, -0.2) is 4.79 Å². The normalized spacial score (nSPS) is 14.2. The maximum atomic E-state index is 12.6. The first-order valence-electron chi connectivity index (χ1n) is 11.1. The SMILES string of the molecule is CC(C)(C)OC(=O)[C@H](CCCCN1C(=O)C=CC1=O)NC(=O)CNC(=O)c1cccc(CN)c1. The van der Waals surface area contributed by atoms with Gasteiger partial charge in [-0.05, 0) is 57.7 Å². The largest absolute Gasteiger partial charge is 0.458 e. The number of benzene rings is 1. The van der Waals surface area contributed by atoms with Crippen molar-refractivity contribution >= 4 is 29.6 Å². The Balaban J connectivity index is 1.89. The number of ether oxygens (including phenoxy) is 1. The maximum Gasteiger partial charge on any atom is 0.329 e. The molecule has 0 aliphatic carbocycles. The molecule has 2 rings (SSSR count). The Kier molecular flexibility index (Phi) is 9.49. The van der Waals surface area contributed by atoms with E-state index >= 15 is 0 Å². The molecule has 0 radical (unpaired) electrons. The van der Waals surface area contributed by atoms with Gasteiger partial charge in [0.25, 0.3) is 17.7 Å². The van der Waals surface area contributed by atoms with Crippen molar-refractivity contribution in [2.24, 2.45) is 5.73 Å². The zero-order valence-corrected chi connectivity index (χ0v) is 19.8. The Morgan fingerprint density at radius 3 is 2.38 bits per heavy atom. The molecule has 1 aliphatic rings. The molecule has 1 aromatic carbocycles. The molecule has 1 atom stereocenters. The van der Waals surface area contributed by atoms with Crippen molar-refractivity contribution in [2.45, 2.75) is 58.2 Å². The lowest BCUT2D eigenvalue weighted by Gasteiger charge is -2.25. The smallest absolute Gasteiger partial charge is 0.329 e. The Labute approximate surface area is 198 Å². The van der Waals surface area contributed by atoms with E-state index in [4.69, 9.17) is 10.5 Å². The molecule has 1 aliphatic heterocycles. The molecule has 0 fully saturated rings. The summed E-state index contributed by atoms with van der Waals surface area (Å²) in [5.74, 6) is -2.32. The second-order valence-corrected chi connectivity index (χ2v) is 8.90. The average molecular weight is 473 g/mol.